The van der Waals surface area contributed by atoms with E-state index in [1.165, 1.54) is 17.7 Å². The lowest BCUT2D eigenvalue weighted by molar-refractivity contribution is 0.899. The van der Waals surface area contributed by atoms with E-state index in [1.54, 1.807) is 12.3 Å². The fourth-order valence-corrected chi connectivity index (χ4v) is 2.76. The summed E-state index contributed by atoms with van der Waals surface area (Å²) in [7, 11) is 3.74. The van der Waals surface area contributed by atoms with Crippen LogP contribution in [0.2, 0.25) is 0 Å². The standard InChI is InChI=1S/C14H16N6S/c1-4-10-12(18-9-19-13(10)16-2)11-8-17-14(21-11)20(3)7-5-6-15/h4,8-9H,1,5,7H2,2-3H3,(H,16,18,19). The van der Waals surface area contributed by atoms with Crippen LogP contribution in [-0.2, 0) is 0 Å². The quantitative estimate of drug-likeness (QED) is 0.883. The van der Waals surface area contributed by atoms with Crippen LogP contribution in [0, 0.1) is 11.3 Å². The molecule has 0 spiro atoms. The largest absolute Gasteiger partial charge is 0.373 e. The molecule has 0 aromatic carbocycles. The second kappa shape index (κ2) is 6.81. The van der Waals surface area contributed by atoms with Gasteiger partial charge >= 0.3 is 0 Å². The van der Waals surface area contributed by atoms with Crippen LogP contribution in [0.3, 0.4) is 0 Å². The molecule has 0 fully saturated rings. The van der Waals surface area contributed by atoms with Gasteiger partial charge in [-0.1, -0.05) is 24.0 Å². The molecule has 0 aliphatic carbocycles. The summed E-state index contributed by atoms with van der Waals surface area (Å²) in [6.07, 6.45) is 5.52. The Hall–Kier alpha value is -2.46. The first-order chi connectivity index (χ1) is 10.2. The number of hydrogen-bond donors (Lipinski definition) is 1. The first-order valence-electron chi connectivity index (χ1n) is 6.40. The van der Waals surface area contributed by atoms with E-state index >= 15 is 0 Å². The minimum atomic E-state index is 0.473. The van der Waals surface area contributed by atoms with Crippen LogP contribution in [0.5, 0.6) is 0 Å². The average Bonchev–Trinajstić information content (AvgIpc) is 3.01. The van der Waals surface area contributed by atoms with Crippen molar-refractivity contribution in [3.63, 3.8) is 0 Å². The molecule has 108 valence electrons. The fourth-order valence-electron chi connectivity index (χ4n) is 1.85. The topological polar surface area (TPSA) is 77.7 Å². The maximum absolute atomic E-state index is 8.64. The van der Waals surface area contributed by atoms with E-state index < -0.39 is 0 Å². The van der Waals surface area contributed by atoms with Gasteiger partial charge in [-0.05, 0) is 0 Å². The zero-order valence-electron chi connectivity index (χ0n) is 12.0. The molecule has 0 saturated carbocycles. The second-order valence-electron chi connectivity index (χ2n) is 4.28. The number of aromatic nitrogens is 3. The minimum absolute atomic E-state index is 0.473. The van der Waals surface area contributed by atoms with Crippen molar-refractivity contribution in [1.82, 2.24) is 15.0 Å². The van der Waals surface area contributed by atoms with Gasteiger partial charge in [0.1, 0.15) is 12.1 Å². The molecule has 0 saturated heterocycles. The average molecular weight is 300 g/mol. The monoisotopic (exact) mass is 300 g/mol. The van der Waals surface area contributed by atoms with Gasteiger partial charge in [0.05, 0.1) is 23.1 Å². The second-order valence-corrected chi connectivity index (χ2v) is 5.28. The zero-order valence-corrected chi connectivity index (χ0v) is 12.8. The molecule has 0 aliphatic rings. The van der Waals surface area contributed by atoms with E-state index in [0.717, 1.165) is 27.1 Å². The van der Waals surface area contributed by atoms with Crippen LogP contribution in [0.15, 0.2) is 19.1 Å². The zero-order chi connectivity index (χ0) is 15.2. The lowest BCUT2D eigenvalue weighted by atomic mass is 10.2. The number of nitrogens with zero attached hydrogens (tertiary/aromatic N) is 5. The highest BCUT2D eigenvalue weighted by molar-refractivity contribution is 7.18. The summed E-state index contributed by atoms with van der Waals surface area (Å²) in [6, 6.07) is 2.13. The maximum Gasteiger partial charge on any atom is 0.185 e. The molecule has 1 N–H and O–H groups in total. The highest BCUT2D eigenvalue weighted by Gasteiger charge is 2.14. The van der Waals surface area contributed by atoms with Gasteiger partial charge in [-0.25, -0.2) is 15.0 Å². The molecule has 0 radical (unpaired) electrons. The molecular weight excluding hydrogens is 284 g/mol. The van der Waals surface area contributed by atoms with Gasteiger partial charge in [-0.15, -0.1) is 0 Å². The van der Waals surface area contributed by atoms with Crippen LogP contribution in [0.25, 0.3) is 16.6 Å². The number of rotatable bonds is 6. The Labute approximate surface area is 127 Å². The van der Waals surface area contributed by atoms with Crippen molar-refractivity contribution in [3.05, 3.63) is 24.7 Å². The first-order valence-corrected chi connectivity index (χ1v) is 7.22. The van der Waals surface area contributed by atoms with Crippen molar-refractivity contribution in [2.75, 3.05) is 30.9 Å². The molecule has 0 aliphatic heterocycles. The lowest BCUT2D eigenvalue weighted by Crippen LogP contribution is -2.17. The summed E-state index contributed by atoms with van der Waals surface area (Å²) in [6.45, 7) is 4.48. The number of thiazole rings is 1. The Bertz CT molecular complexity index is 672. The highest BCUT2D eigenvalue weighted by Crippen LogP contribution is 2.33. The lowest BCUT2D eigenvalue weighted by Gasteiger charge is -2.12. The molecule has 2 aromatic rings. The van der Waals surface area contributed by atoms with E-state index in [0.29, 0.717) is 13.0 Å². The summed E-state index contributed by atoms with van der Waals surface area (Å²) in [5.74, 6) is 0.739. The van der Waals surface area contributed by atoms with E-state index in [4.69, 9.17) is 5.26 Å². The fraction of sp³-hybridized carbons (Fsp3) is 0.286. The van der Waals surface area contributed by atoms with Crippen LogP contribution in [-0.4, -0.2) is 35.6 Å². The van der Waals surface area contributed by atoms with Gasteiger partial charge < -0.3 is 10.2 Å². The predicted molar refractivity (Wildman–Crippen MR) is 86.3 cm³/mol. The van der Waals surface area contributed by atoms with Gasteiger partial charge in [0.2, 0.25) is 0 Å². The first kappa shape index (κ1) is 14.9. The minimum Gasteiger partial charge on any atom is -0.373 e. The summed E-state index contributed by atoms with van der Waals surface area (Å²) in [5.41, 5.74) is 1.66. The molecule has 0 amide bonds. The van der Waals surface area contributed by atoms with Gasteiger partial charge in [0, 0.05) is 32.4 Å². The number of anilines is 2. The van der Waals surface area contributed by atoms with E-state index in [2.05, 4.69) is 32.9 Å². The molecule has 0 bridgehead atoms. The predicted octanol–water partition coefficient (Wildman–Crippen LogP) is 2.63. The van der Waals surface area contributed by atoms with Gasteiger partial charge in [-0.2, -0.15) is 5.26 Å². The molecule has 2 rings (SSSR count). The van der Waals surface area contributed by atoms with E-state index in [1.807, 2.05) is 19.0 Å². The maximum atomic E-state index is 8.64. The molecule has 6 nitrogen and oxygen atoms in total. The number of nitrogens with one attached hydrogen (secondary N) is 1. The SMILES string of the molecule is C=Cc1c(NC)ncnc1-c1cnc(N(C)CCC#N)s1. The van der Waals surface area contributed by atoms with Crippen molar-refractivity contribution >= 4 is 28.4 Å². The molecule has 2 aromatic heterocycles. The Morgan fingerprint density at radius 1 is 1.48 bits per heavy atom. The van der Waals surface area contributed by atoms with Crippen molar-refractivity contribution in [2.24, 2.45) is 0 Å². The van der Waals surface area contributed by atoms with E-state index in [-0.39, 0.29) is 0 Å². The Balaban J connectivity index is 2.34. The van der Waals surface area contributed by atoms with Gasteiger partial charge in [0.25, 0.3) is 0 Å². The normalized spacial score (nSPS) is 9.95. The third-order valence-electron chi connectivity index (χ3n) is 2.94. The Morgan fingerprint density at radius 3 is 2.95 bits per heavy atom. The number of hydrogen-bond acceptors (Lipinski definition) is 7. The molecule has 21 heavy (non-hydrogen) atoms. The summed E-state index contributed by atoms with van der Waals surface area (Å²) in [5, 5.41) is 12.5. The molecule has 7 heteroatoms. The Kier molecular flexibility index (Phi) is 4.85. The Morgan fingerprint density at radius 2 is 2.29 bits per heavy atom. The van der Waals surface area contributed by atoms with Crippen molar-refractivity contribution in [1.29, 1.82) is 5.26 Å². The molecule has 2 heterocycles. The van der Waals surface area contributed by atoms with E-state index in [9.17, 15) is 0 Å². The van der Waals surface area contributed by atoms with Crippen molar-refractivity contribution in [2.45, 2.75) is 6.42 Å². The van der Waals surface area contributed by atoms with Crippen LogP contribution in [0.1, 0.15) is 12.0 Å². The smallest absolute Gasteiger partial charge is 0.185 e. The summed E-state index contributed by atoms with van der Waals surface area (Å²) in [4.78, 5) is 15.8. The highest BCUT2D eigenvalue weighted by atomic mass is 32.1. The number of nitriles is 1. The van der Waals surface area contributed by atoms with Gasteiger partial charge in [-0.3, -0.25) is 0 Å². The van der Waals surface area contributed by atoms with Gasteiger partial charge in [0.15, 0.2) is 5.13 Å². The molecule has 0 atom stereocenters. The van der Waals surface area contributed by atoms with Crippen LogP contribution < -0.4 is 10.2 Å². The third-order valence-corrected chi connectivity index (χ3v) is 4.06. The molecule has 0 unspecified atom stereocenters. The third kappa shape index (κ3) is 3.17. The van der Waals surface area contributed by atoms with Crippen LogP contribution in [0.4, 0.5) is 10.9 Å². The van der Waals surface area contributed by atoms with Crippen LogP contribution >= 0.6 is 11.3 Å². The van der Waals surface area contributed by atoms with Crippen molar-refractivity contribution in [3.8, 4) is 16.6 Å². The van der Waals surface area contributed by atoms with Crippen molar-refractivity contribution < 1.29 is 0 Å². The summed E-state index contributed by atoms with van der Waals surface area (Å²) < 4.78 is 0. The molecular formula is C14H16N6S. The summed E-state index contributed by atoms with van der Waals surface area (Å²) >= 11 is 1.53.